The molecule has 12 atom stereocenters. The predicted octanol–water partition coefficient (Wildman–Crippen LogP) is 17.5. The summed E-state index contributed by atoms with van der Waals surface area (Å²) in [5, 5.41) is 87.7. The minimum absolute atomic E-state index is 0.196. The minimum atomic E-state index is -1.78. The van der Waals surface area contributed by atoms with Gasteiger partial charge in [0.15, 0.2) is 12.6 Å². The molecule has 0 bridgehead atoms. The van der Waals surface area contributed by atoms with Crippen LogP contribution < -0.4 is 5.32 Å². The molecule has 14 heteroatoms. The third-order valence-corrected chi connectivity index (χ3v) is 20.1. The van der Waals surface area contributed by atoms with Crippen LogP contribution in [0.4, 0.5) is 0 Å². The summed E-state index contributed by atoms with van der Waals surface area (Å²) in [5.74, 6) is -0.196. The van der Waals surface area contributed by atoms with Crippen molar-refractivity contribution in [2.75, 3.05) is 19.8 Å². The van der Waals surface area contributed by atoms with E-state index in [0.717, 1.165) is 51.4 Å². The van der Waals surface area contributed by atoms with E-state index in [9.17, 15) is 45.6 Å². The summed E-state index contributed by atoms with van der Waals surface area (Å²) >= 11 is 0. The zero-order chi connectivity index (χ0) is 65.9. The van der Waals surface area contributed by atoms with Gasteiger partial charge in [0.25, 0.3) is 0 Å². The zero-order valence-corrected chi connectivity index (χ0v) is 59.4. The second kappa shape index (κ2) is 62.5. The van der Waals surface area contributed by atoms with Crippen molar-refractivity contribution in [3.8, 4) is 0 Å². The summed E-state index contributed by atoms with van der Waals surface area (Å²) in [7, 11) is 0. The van der Waals surface area contributed by atoms with Gasteiger partial charge in [0, 0.05) is 6.42 Å². The Bertz CT molecular complexity index is 1530. The number of hydrogen-bond donors (Lipinski definition) is 9. The molecular formula is C77H151NO13. The highest BCUT2D eigenvalue weighted by Crippen LogP contribution is 2.31. The molecule has 2 aliphatic rings. The molecule has 91 heavy (non-hydrogen) atoms. The molecule has 2 aliphatic heterocycles. The molecule has 0 aromatic rings. The lowest BCUT2D eigenvalue weighted by Crippen LogP contribution is -2.65. The highest BCUT2D eigenvalue weighted by molar-refractivity contribution is 5.76. The number of ether oxygens (including phenoxy) is 4. The first kappa shape index (κ1) is 86.1. The topological polar surface area (TPSA) is 228 Å². The Morgan fingerprint density at radius 2 is 0.626 bits per heavy atom. The maximum absolute atomic E-state index is 13.4. The average Bonchev–Trinajstić information content (AvgIpc) is 1.08. The van der Waals surface area contributed by atoms with E-state index >= 15 is 0 Å². The Balaban J connectivity index is 1.55. The molecule has 0 aromatic carbocycles. The van der Waals surface area contributed by atoms with Crippen LogP contribution in [0.5, 0.6) is 0 Å². The Morgan fingerprint density at radius 3 is 0.934 bits per heavy atom. The normalized spacial score (nSPS) is 22.7. The van der Waals surface area contributed by atoms with E-state index in [4.69, 9.17) is 18.9 Å². The van der Waals surface area contributed by atoms with E-state index < -0.39 is 86.8 Å². The third kappa shape index (κ3) is 46.0. The number of unbranched alkanes of at least 4 members (excludes halogenated alkanes) is 55. The third-order valence-electron chi connectivity index (χ3n) is 20.1. The predicted molar refractivity (Wildman–Crippen MR) is 374 cm³/mol. The highest BCUT2D eigenvalue weighted by atomic mass is 16.7. The molecule has 0 aromatic heterocycles. The van der Waals surface area contributed by atoms with E-state index in [1.54, 1.807) is 0 Å². The summed E-state index contributed by atoms with van der Waals surface area (Å²) in [6, 6.07) is -0.825. The van der Waals surface area contributed by atoms with Crippen molar-refractivity contribution in [3.05, 3.63) is 0 Å². The first-order valence-electron chi connectivity index (χ1n) is 39.8. The lowest BCUT2D eigenvalue weighted by Gasteiger charge is -2.46. The Labute approximate surface area is 559 Å². The number of nitrogens with one attached hydrogen (secondary N) is 1. The Morgan fingerprint density at radius 1 is 0.352 bits per heavy atom. The minimum Gasteiger partial charge on any atom is -0.394 e. The monoisotopic (exact) mass is 1300 g/mol. The summed E-state index contributed by atoms with van der Waals surface area (Å²) in [4.78, 5) is 13.4. The van der Waals surface area contributed by atoms with E-state index in [1.807, 2.05) is 0 Å². The number of carbonyl (C=O) groups excluding carboxylic acids is 1. The molecule has 2 saturated heterocycles. The highest BCUT2D eigenvalue weighted by Gasteiger charge is 2.51. The molecule has 2 rings (SSSR count). The summed E-state index contributed by atoms with van der Waals surface area (Å²) in [5.41, 5.74) is 0. The molecule has 0 aliphatic carbocycles. The van der Waals surface area contributed by atoms with Gasteiger partial charge in [-0.25, -0.2) is 0 Å². The van der Waals surface area contributed by atoms with Crippen LogP contribution in [0, 0.1) is 0 Å². The number of carbonyl (C=O) groups is 1. The van der Waals surface area contributed by atoms with Gasteiger partial charge >= 0.3 is 0 Å². The first-order valence-corrected chi connectivity index (χ1v) is 39.8. The molecule has 9 N–H and O–H groups in total. The summed E-state index contributed by atoms with van der Waals surface area (Å²) in [6.45, 7) is 2.94. The molecule has 542 valence electrons. The Hall–Kier alpha value is -1.01. The molecule has 2 heterocycles. The van der Waals surface area contributed by atoms with E-state index in [2.05, 4.69) is 19.2 Å². The van der Waals surface area contributed by atoms with Crippen molar-refractivity contribution in [2.45, 2.75) is 466 Å². The van der Waals surface area contributed by atoms with E-state index in [0.29, 0.717) is 12.8 Å². The molecule has 0 saturated carbocycles. The smallest absolute Gasteiger partial charge is 0.220 e. The van der Waals surface area contributed by atoms with Crippen LogP contribution >= 0.6 is 0 Å². The van der Waals surface area contributed by atoms with Gasteiger partial charge in [-0.05, 0) is 12.8 Å². The van der Waals surface area contributed by atoms with Gasteiger partial charge in [-0.1, -0.05) is 373 Å². The van der Waals surface area contributed by atoms with Crippen LogP contribution in [0.2, 0.25) is 0 Å². The average molecular weight is 1300 g/mol. The van der Waals surface area contributed by atoms with Gasteiger partial charge in [-0.2, -0.15) is 0 Å². The van der Waals surface area contributed by atoms with Crippen molar-refractivity contribution in [1.29, 1.82) is 0 Å². The fourth-order valence-electron chi connectivity index (χ4n) is 13.8. The van der Waals surface area contributed by atoms with E-state index in [1.165, 1.54) is 315 Å². The first-order chi connectivity index (χ1) is 44.6. The van der Waals surface area contributed by atoms with Gasteiger partial charge in [0.2, 0.25) is 5.91 Å². The van der Waals surface area contributed by atoms with Gasteiger partial charge in [-0.15, -0.1) is 0 Å². The van der Waals surface area contributed by atoms with Crippen molar-refractivity contribution in [3.63, 3.8) is 0 Å². The summed E-state index contributed by atoms with van der Waals surface area (Å²) in [6.07, 6.45) is 60.2. The van der Waals surface area contributed by atoms with Crippen molar-refractivity contribution in [1.82, 2.24) is 5.32 Å². The van der Waals surface area contributed by atoms with Crippen molar-refractivity contribution < 1.29 is 64.6 Å². The second-order valence-corrected chi connectivity index (χ2v) is 28.6. The van der Waals surface area contributed by atoms with Gasteiger partial charge in [-0.3, -0.25) is 4.79 Å². The summed E-state index contributed by atoms with van der Waals surface area (Å²) < 4.78 is 23.0. The van der Waals surface area contributed by atoms with Crippen LogP contribution in [-0.4, -0.2) is 140 Å². The SMILES string of the molecule is CCCCCCCCCCCCCCCCCCCCCCCCCCCCCCCCCCCCCCCCC(=O)NC(COC1OC(CO)C(OC2OC(CO)C(O)C(O)C2O)C(O)C1O)C(O)CCCCCCCCCCCCCCCCCCCCC. The fraction of sp³-hybridized carbons (Fsp3) is 0.987. The lowest BCUT2D eigenvalue weighted by molar-refractivity contribution is -0.359. The molecule has 1 amide bonds. The number of aliphatic hydroxyl groups is 8. The molecule has 0 radical (unpaired) electrons. The molecule has 0 spiro atoms. The van der Waals surface area contributed by atoms with Gasteiger partial charge in [0.1, 0.15) is 48.8 Å². The maximum Gasteiger partial charge on any atom is 0.220 e. The number of hydrogen-bond acceptors (Lipinski definition) is 13. The number of amides is 1. The van der Waals surface area contributed by atoms with Crippen LogP contribution in [-0.2, 0) is 23.7 Å². The van der Waals surface area contributed by atoms with E-state index in [-0.39, 0.29) is 12.5 Å². The molecular weight excluding hydrogens is 1150 g/mol. The van der Waals surface area contributed by atoms with Crippen LogP contribution in [0.1, 0.15) is 393 Å². The molecule has 12 unspecified atom stereocenters. The van der Waals surface area contributed by atoms with Gasteiger partial charge in [0.05, 0.1) is 32.0 Å². The number of aliphatic hydroxyl groups excluding tert-OH is 8. The standard InChI is InChI=1S/C77H151NO13/c1-3-5-7-9-11-13-15-17-19-21-23-24-25-26-27-28-29-30-31-32-33-34-35-36-37-38-39-40-41-43-45-47-49-51-53-55-57-59-61-69(82)78-65(66(81)60-58-56-54-52-50-48-46-44-42-22-20-18-16-14-12-10-8-6-4-2)64-88-76-74(87)72(85)75(68(63-80)90-76)91-77-73(86)71(84)70(83)67(62-79)89-77/h65-68,70-77,79-81,83-87H,3-64H2,1-2H3,(H,78,82). The van der Waals surface area contributed by atoms with Crippen molar-refractivity contribution >= 4 is 5.91 Å². The second-order valence-electron chi connectivity index (χ2n) is 28.6. The quantitative estimate of drug-likeness (QED) is 0.0259. The fourth-order valence-corrected chi connectivity index (χ4v) is 13.8. The zero-order valence-electron chi connectivity index (χ0n) is 59.4. The largest absolute Gasteiger partial charge is 0.394 e. The van der Waals surface area contributed by atoms with Crippen molar-refractivity contribution in [2.24, 2.45) is 0 Å². The van der Waals surface area contributed by atoms with Gasteiger partial charge < -0.3 is 65.1 Å². The van der Waals surface area contributed by atoms with Crippen LogP contribution in [0.15, 0.2) is 0 Å². The maximum atomic E-state index is 13.4. The lowest BCUT2D eigenvalue weighted by atomic mass is 9.97. The Kier molecular flexibility index (Phi) is 59.1. The molecule has 2 fully saturated rings. The molecule has 14 nitrogen and oxygen atoms in total. The number of rotatable bonds is 68. The van der Waals surface area contributed by atoms with Crippen LogP contribution in [0.3, 0.4) is 0 Å². The van der Waals surface area contributed by atoms with Crippen LogP contribution in [0.25, 0.3) is 0 Å².